The Kier molecular flexibility index (Phi) is 10.1. The lowest BCUT2D eigenvalue weighted by atomic mass is 10.1. The number of hydrogen-bond acceptors (Lipinski definition) is 9. The van der Waals surface area contributed by atoms with Gasteiger partial charge in [0, 0.05) is 60.2 Å². The molecule has 296 valence electrons. The number of benzene rings is 4. The molecule has 11 heteroatoms. The Morgan fingerprint density at radius 1 is 0.879 bits per heavy atom. The van der Waals surface area contributed by atoms with Crippen molar-refractivity contribution in [3.63, 3.8) is 0 Å². The Morgan fingerprint density at radius 2 is 1.55 bits per heavy atom. The van der Waals surface area contributed by atoms with Crippen LogP contribution >= 0.6 is 0 Å². The maximum absolute atomic E-state index is 14.0. The van der Waals surface area contributed by atoms with Crippen LogP contribution in [0.25, 0.3) is 0 Å². The molecule has 0 saturated carbocycles. The van der Waals surface area contributed by atoms with Crippen LogP contribution in [-0.2, 0) is 19.6 Å². The second kappa shape index (κ2) is 15.3. The number of anilines is 3. The molecule has 2 N–H and O–H groups in total. The van der Waals surface area contributed by atoms with Crippen LogP contribution in [0.4, 0.5) is 22.7 Å². The number of aliphatic imine (C=N–C) groups is 1. The van der Waals surface area contributed by atoms with Gasteiger partial charge in [-0.25, -0.2) is 0 Å². The second-order valence-electron chi connectivity index (χ2n) is 15.8. The Bertz CT molecular complexity index is 2450. The summed E-state index contributed by atoms with van der Waals surface area (Å²) in [6, 6.07) is 20.9. The third-order valence-electron chi connectivity index (χ3n) is 10.6. The molecule has 0 saturated heterocycles. The maximum Gasteiger partial charge on any atom is 0.261 e. The predicted octanol–water partition coefficient (Wildman–Crippen LogP) is 8.46. The number of ether oxygens (including phenoxy) is 4. The van der Waals surface area contributed by atoms with Gasteiger partial charge in [-0.05, 0) is 86.9 Å². The van der Waals surface area contributed by atoms with Crippen molar-refractivity contribution in [1.29, 1.82) is 0 Å². The number of terminal acetylenes is 1. The first-order valence-corrected chi connectivity index (χ1v) is 19.4. The van der Waals surface area contributed by atoms with E-state index in [0.29, 0.717) is 64.9 Å². The van der Waals surface area contributed by atoms with Crippen LogP contribution in [0.5, 0.6) is 23.0 Å². The highest BCUT2D eigenvalue weighted by Crippen LogP contribution is 2.42. The molecule has 0 fully saturated rings. The van der Waals surface area contributed by atoms with Gasteiger partial charge in [-0.1, -0.05) is 30.2 Å². The average molecular weight is 778 g/mol. The summed E-state index contributed by atoms with van der Waals surface area (Å²) in [4.78, 5) is 36.3. The quantitative estimate of drug-likeness (QED) is 0.154. The average Bonchev–Trinajstić information content (AvgIpc) is 3.68. The van der Waals surface area contributed by atoms with Crippen molar-refractivity contribution in [3.8, 4) is 35.3 Å². The highest BCUT2D eigenvalue weighted by Gasteiger charge is 2.39. The molecule has 0 radical (unpaired) electrons. The number of nitrogens with zero attached hydrogens (tertiary/aromatic N) is 3. The van der Waals surface area contributed by atoms with E-state index < -0.39 is 0 Å². The van der Waals surface area contributed by atoms with E-state index in [9.17, 15) is 9.59 Å². The first-order valence-electron chi connectivity index (χ1n) is 19.4. The predicted molar refractivity (Wildman–Crippen MR) is 227 cm³/mol. The maximum atomic E-state index is 14.0. The molecule has 4 heterocycles. The standard InChI is InChI=1S/C47H47N5O6/c1-8-12-39-30(9-2)18-33-24-48-37-22-43(41(55-6)20-35(37)45(53)51(33)39)57-26-28-15-29(17-32(16-28)50-47(3,4)5)27-58-44-23-38-36(21-42(44)56-7)46(54)52-34(25-49-38)19-31-13-10-11-14-40(31)52/h2,8,10-17,20-23,25,33-34,48,50H,18-19,24,26-27H2,1,3-7H3/b12-8-/t33-,34-/m0/s1. The first kappa shape index (κ1) is 38.2. The van der Waals surface area contributed by atoms with E-state index in [2.05, 4.69) is 43.4 Å². The van der Waals surface area contributed by atoms with Crippen molar-refractivity contribution in [1.82, 2.24) is 4.90 Å². The molecule has 4 aromatic carbocycles. The minimum Gasteiger partial charge on any atom is -0.493 e. The SMILES string of the molecule is C#CC1=C(/C=C\C)N2C(=O)c3cc(OC)c(OCc4cc(COc5cc6c(cc5OC)C(=O)N5c7ccccc7C[C@H]5C=N6)cc(NC(C)(C)C)c4)cc3NC[C@@H]2C1. The van der Waals surface area contributed by atoms with Crippen molar-refractivity contribution < 1.29 is 28.5 Å². The largest absolute Gasteiger partial charge is 0.493 e. The molecule has 0 unspecified atom stereocenters. The summed E-state index contributed by atoms with van der Waals surface area (Å²) in [5, 5.41) is 7.04. The number of methoxy groups -OCH3 is 2. The third kappa shape index (κ3) is 7.22. The van der Waals surface area contributed by atoms with Crippen molar-refractivity contribution in [3.05, 3.63) is 118 Å². The van der Waals surface area contributed by atoms with Crippen LogP contribution in [0.2, 0.25) is 0 Å². The Hall–Kier alpha value is -6.67. The van der Waals surface area contributed by atoms with Crippen LogP contribution in [0.1, 0.15) is 71.5 Å². The van der Waals surface area contributed by atoms with E-state index in [0.717, 1.165) is 39.3 Å². The topological polar surface area (TPSA) is 114 Å². The molecule has 2 amide bonds. The number of hydrogen-bond donors (Lipinski definition) is 2. The highest BCUT2D eigenvalue weighted by molar-refractivity contribution is 6.14. The summed E-state index contributed by atoms with van der Waals surface area (Å²) in [7, 11) is 3.13. The number of carbonyl (C=O) groups is 2. The monoisotopic (exact) mass is 777 g/mol. The molecule has 0 aliphatic carbocycles. The fourth-order valence-electron chi connectivity index (χ4n) is 8.14. The lowest BCUT2D eigenvalue weighted by molar-refractivity contribution is 0.0784. The fourth-order valence-corrected chi connectivity index (χ4v) is 8.14. The molecule has 0 aromatic heterocycles. The van der Waals surface area contributed by atoms with Crippen molar-refractivity contribution in [2.45, 2.75) is 71.4 Å². The zero-order valence-corrected chi connectivity index (χ0v) is 33.6. The first-order chi connectivity index (χ1) is 28.0. The third-order valence-corrected chi connectivity index (χ3v) is 10.6. The molecule has 4 aliphatic heterocycles. The summed E-state index contributed by atoms with van der Waals surface area (Å²) >= 11 is 0. The lowest BCUT2D eigenvalue weighted by Gasteiger charge is -2.24. The summed E-state index contributed by atoms with van der Waals surface area (Å²) in [5.74, 6) is 4.36. The Labute approximate surface area is 339 Å². The van der Waals surface area contributed by atoms with Crippen molar-refractivity contribution in [2.75, 3.05) is 36.3 Å². The molecule has 4 aliphatic rings. The van der Waals surface area contributed by atoms with Gasteiger partial charge < -0.3 is 34.5 Å². The van der Waals surface area contributed by atoms with E-state index in [1.807, 2.05) is 72.7 Å². The van der Waals surface area contributed by atoms with Gasteiger partial charge in [0.1, 0.15) is 13.2 Å². The summed E-state index contributed by atoms with van der Waals surface area (Å²) in [6.45, 7) is 9.16. The summed E-state index contributed by atoms with van der Waals surface area (Å²) in [5.41, 5.74) is 8.20. The normalized spacial score (nSPS) is 18.0. The van der Waals surface area contributed by atoms with E-state index in [4.69, 9.17) is 30.4 Å². The zero-order chi connectivity index (χ0) is 40.7. The number of para-hydroxylation sites is 1. The molecule has 58 heavy (non-hydrogen) atoms. The van der Waals surface area contributed by atoms with Crippen LogP contribution in [0, 0.1) is 12.3 Å². The van der Waals surface area contributed by atoms with E-state index in [1.165, 1.54) is 0 Å². The molecule has 0 spiro atoms. The van der Waals surface area contributed by atoms with E-state index >= 15 is 0 Å². The lowest BCUT2D eigenvalue weighted by Crippen LogP contribution is -2.37. The number of amides is 2. The molecule has 11 nitrogen and oxygen atoms in total. The number of fused-ring (bicyclic) bond motifs is 6. The molecule has 4 aromatic rings. The van der Waals surface area contributed by atoms with Gasteiger partial charge in [0.15, 0.2) is 23.0 Å². The van der Waals surface area contributed by atoms with Crippen molar-refractivity contribution in [2.24, 2.45) is 4.99 Å². The minimum absolute atomic E-state index is 0.108. The van der Waals surface area contributed by atoms with Crippen LogP contribution < -0.4 is 34.5 Å². The number of nitrogens with one attached hydrogen (secondary N) is 2. The van der Waals surface area contributed by atoms with E-state index in [-0.39, 0.29) is 42.7 Å². The minimum atomic E-state index is -0.215. The molecule has 8 rings (SSSR count). The number of allylic oxidation sites excluding steroid dienone is 2. The van der Waals surface area contributed by atoms with Gasteiger partial charge >= 0.3 is 0 Å². The molecular formula is C47H47N5O6. The van der Waals surface area contributed by atoms with Crippen LogP contribution in [-0.4, -0.2) is 61.3 Å². The second-order valence-corrected chi connectivity index (χ2v) is 15.8. The number of carbonyl (C=O) groups excluding carboxylic acids is 2. The van der Waals surface area contributed by atoms with Gasteiger partial charge in [0.25, 0.3) is 11.8 Å². The Balaban J connectivity index is 1.04. The number of rotatable bonds is 10. The zero-order valence-electron chi connectivity index (χ0n) is 33.6. The van der Waals surface area contributed by atoms with E-state index in [1.54, 1.807) is 37.3 Å². The fraction of sp³-hybridized carbons (Fsp3) is 0.298. The smallest absolute Gasteiger partial charge is 0.261 e. The van der Waals surface area contributed by atoms with Gasteiger partial charge in [-0.15, -0.1) is 6.42 Å². The highest BCUT2D eigenvalue weighted by atomic mass is 16.5. The summed E-state index contributed by atoms with van der Waals surface area (Å²) < 4.78 is 24.4. The van der Waals surface area contributed by atoms with Crippen LogP contribution in [0.15, 0.2) is 95.1 Å². The molecule has 2 atom stereocenters. The molecule has 0 bridgehead atoms. The molecular weight excluding hydrogens is 731 g/mol. The van der Waals surface area contributed by atoms with Gasteiger partial charge in [-0.2, -0.15) is 0 Å². The van der Waals surface area contributed by atoms with Gasteiger partial charge in [0.2, 0.25) is 0 Å². The summed E-state index contributed by atoms with van der Waals surface area (Å²) in [6.07, 6.45) is 12.8. The van der Waals surface area contributed by atoms with Crippen LogP contribution in [0.3, 0.4) is 0 Å². The van der Waals surface area contributed by atoms with Crippen molar-refractivity contribution >= 4 is 40.8 Å². The van der Waals surface area contributed by atoms with Gasteiger partial charge in [-0.3, -0.25) is 19.5 Å². The van der Waals surface area contributed by atoms with Gasteiger partial charge in [0.05, 0.1) is 54.5 Å². The Morgan fingerprint density at radius 3 is 2.22 bits per heavy atom.